The van der Waals surface area contributed by atoms with Crippen LogP contribution in [-0.2, 0) is 25.2 Å². The zero-order chi connectivity index (χ0) is 18.0. The molecule has 0 unspecified atom stereocenters. The highest BCUT2D eigenvalue weighted by Crippen LogP contribution is 2.22. The quantitative estimate of drug-likeness (QED) is 0.724. The van der Waals surface area contributed by atoms with Gasteiger partial charge in [0.05, 0.1) is 22.6 Å². The Kier molecular flexibility index (Phi) is 4.32. The normalized spacial score (nSPS) is 13.7. The second kappa shape index (κ2) is 6.44. The molecule has 0 spiro atoms. The minimum Gasteiger partial charge on any atom is -0.329 e. The summed E-state index contributed by atoms with van der Waals surface area (Å²) in [5.41, 5.74) is 0.462. The second-order valence-electron chi connectivity index (χ2n) is 5.27. The van der Waals surface area contributed by atoms with Crippen LogP contribution in [0.5, 0.6) is 0 Å². The van der Waals surface area contributed by atoms with Crippen LogP contribution in [-0.4, -0.2) is 42.0 Å². The number of hydrogen-bond donors (Lipinski definition) is 0. The average Bonchev–Trinajstić information content (AvgIpc) is 2.80. The number of sulfone groups is 1. The number of rotatable bonds is 5. The van der Waals surface area contributed by atoms with Crippen molar-refractivity contribution in [1.29, 1.82) is 0 Å². The van der Waals surface area contributed by atoms with Crippen molar-refractivity contribution in [2.75, 3.05) is 5.75 Å². The van der Waals surface area contributed by atoms with Crippen LogP contribution in [0.1, 0.15) is 26.4 Å². The topological polar surface area (TPSA) is 111 Å². The van der Waals surface area contributed by atoms with Crippen LogP contribution in [0.2, 0.25) is 0 Å². The molecule has 1 aromatic heterocycles. The predicted octanol–water partition coefficient (Wildman–Crippen LogP) is 0.751. The summed E-state index contributed by atoms with van der Waals surface area (Å²) in [6.45, 7) is 0. The monoisotopic (exact) mass is 360 g/mol. The van der Waals surface area contributed by atoms with Crippen LogP contribution in [0, 0.1) is 0 Å². The fourth-order valence-corrected chi connectivity index (χ4v) is 3.45. The van der Waals surface area contributed by atoms with Crippen molar-refractivity contribution in [3.05, 3.63) is 65.5 Å². The molecule has 0 saturated carbocycles. The molecule has 0 fully saturated rings. The van der Waals surface area contributed by atoms with E-state index in [-0.39, 0.29) is 21.9 Å². The van der Waals surface area contributed by atoms with Gasteiger partial charge in [-0.05, 0) is 24.3 Å². The van der Waals surface area contributed by atoms with Crippen LogP contribution < -0.4 is 0 Å². The third kappa shape index (κ3) is 3.56. The van der Waals surface area contributed by atoms with Gasteiger partial charge >= 0.3 is 5.97 Å². The molecule has 0 bridgehead atoms. The van der Waals surface area contributed by atoms with Gasteiger partial charge in [0.1, 0.15) is 0 Å². The first kappa shape index (κ1) is 16.8. The Morgan fingerprint density at radius 3 is 2.16 bits per heavy atom. The van der Waals surface area contributed by atoms with Crippen molar-refractivity contribution in [1.82, 2.24) is 10.0 Å². The van der Waals surface area contributed by atoms with Crippen molar-refractivity contribution in [3.63, 3.8) is 0 Å². The van der Waals surface area contributed by atoms with E-state index >= 15 is 0 Å². The molecule has 0 aliphatic carbocycles. The molecule has 25 heavy (non-hydrogen) atoms. The summed E-state index contributed by atoms with van der Waals surface area (Å²) in [6.07, 6.45) is 1.43. The second-order valence-corrected chi connectivity index (χ2v) is 7.33. The molecule has 0 N–H and O–H groups in total. The fraction of sp³-hybridized carbons (Fsp3) is 0.125. The highest BCUT2D eigenvalue weighted by atomic mass is 32.2. The molecular weight excluding hydrogens is 348 g/mol. The number of benzene rings is 1. The van der Waals surface area contributed by atoms with E-state index in [1.165, 1.54) is 24.4 Å². The molecule has 8 nitrogen and oxygen atoms in total. The van der Waals surface area contributed by atoms with Gasteiger partial charge in [0.2, 0.25) is 0 Å². The van der Waals surface area contributed by atoms with Crippen molar-refractivity contribution < 1.29 is 27.6 Å². The number of pyridine rings is 1. The number of nitrogens with zero attached hydrogens (tertiary/aromatic N) is 2. The Bertz CT molecular complexity index is 921. The molecule has 128 valence electrons. The SMILES string of the molecule is O=C(CS(=O)(=O)Cc1ccccn1)ON1C(=O)c2ccccc2C1=O. The van der Waals surface area contributed by atoms with Crippen LogP contribution in [0.3, 0.4) is 0 Å². The van der Waals surface area contributed by atoms with Crippen LogP contribution in [0.25, 0.3) is 0 Å². The Morgan fingerprint density at radius 1 is 1.00 bits per heavy atom. The maximum atomic E-state index is 12.1. The van der Waals surface area contributed by atoms with Gasteiger partial charge in [-0.25, -0.2) is 13.2 Å². The van der Waals surface area contributed by atoms with Gasteiger partial charge in [-0.3, -0.25) is 14.6 Å². The van der Waals surface area contributed by atoms with Crippen molar-refractivity contribution in [2.45, 2.75) is 5.75 Å². The maximum Gasteiger partial charge on any atom is 0.348 e. The summed E-state index contributed by atoms with van der Waals surface area (Å²) in [5.74, 6) is -4.26. The first-order valence-electron chi connectivity index (χ1n) is 7.16. The summed E-state index contributed by atoms with van der Waals surface area (Å²) in [7, 11) is -3.86. The van der Waals surface area contributed by atoms with E-state index in [2.05, 4.69) is 9.82 Å². The molecule has 2 heterocycles. The van der Waals surface area contributed by atoms with E-state index in [0.29, 0.717) is 0 Å². The fourth-order valence-electron chi connectivity index (χ4n) is 2.32. The third-order valence-corrected chi connectivity index (χ3v) is 4.79. The Hall–Kier alpha value is -3.07. The number of imide groups is 1. The van der Waals surface area contributed by atoms with E-state index in [1.807, 2.05) is 0 Å². The Balaban J connectivity index is 1.67. The number of hydrogen-bond acceptors (Lipinski definition) is 7. The summed E-state index contributed by atoms with van der Waals surface area (Å²) < 4.78 is 24.1. The molecule has 0 saturated heterocycles. The van der Waals surface area contributed by atoms with Crippen molar-refractivity contribution >= 4 is 27.6 Å². The Labute approximate surface area is 142 Å². The number of hydroxylamine groups is 2. The minimum absolute atomic E-state index is 0.0941. The zero-order valence-corrected chi connectivity index (χ0v) is 13.6. The van der Waals surface area contributed by atoms with Gasteiger partial charge in [-0.2, -0.15) is 0 Å². The summed E-state index contributed by atoms with van der Waals surface area (Å²) in [6, 6.07) is 10.7. The van der Waals surface area contributed by atoms with Crippen molar-refractivity contribution in [2.24, 2.45) is 0 Å². The van der Waals surface area contributed by atoms with Gasteiger partial charge < -0.3 is 4.84 Å². The lowest BCUT2D eigenvalue weighted by Gasteiger charge is -2.12. The highest BCUT2D eigenvalue weighted by Gasteiger charge is 2.39. The van der Waals surface area contributed by atoms with E-state index in [0.717, 1.165) is 0 Å². The minimum atomic E-state index is -3.86. The average molecular weight is 360 g/mol. The molecular formula is C16H12N2O6S. The van der Waals surface area contributed by atoms with E-state index in [4.69, 9.17) is 0 Å². The van der Waals surface area contributed by atoms with Gasteiger partial charge in [0.15, 0.2) is 15.6 Å². The van der Waals surface area contributed by atoms with Gasteiger partial charge in [-0.15, -0.1) is 0 Å². The first-order chi connectivity index (χ1) is 11.9. The standard InChI is InChI=1S/C16H12N2O6S/c19-14(10-25(22,23)9-11-5-3-4-8-17-11)24-18-15(20)12-6-1-2-7-13(12)16(18)21/h1-8H,9-10H2. The smallest absolute Gasteiger partial charge is 0.329 e. The number of carbonyl (C=O) groups excluding carboxylic acids is 3. The predicted molar refractivity (Wildman–Crippen MR) is 84.8 cm³/mol. The van der Waals surface area contributed by atoms with Gasteiger partial charge in [-0.1, -0.05) is 23.3 Å². The summed E-state index contributed by atoms with van der Waals surface area (Å²) >= 11 is 0. The highest BCUT2D eigenvalue weighted by molar-refractivity contribution is 7.91. The van der Waals surface area contributed by atoms with Crippen LogP contribution >= 0.6 is 0 Å². The van der Waals surface area contributed by atoms with Gasteiger partial charge in [0, 0.05) is 6.20 Å². The number of aromatic nitrogens is 1. The molecule has 2 aromatic rings. The number of amides is 2. The largest absolute Gasteiger partial charge is 0.348 e. The van der Waals surface area contributed by atoms with Crippen LogP contribution in [0.4, 0.5) is 0 Å². The molecule has 1 aromatic carbocycles. The molecule has 2 amide bonds. The molecule has 9 heteroatoms. The molecule has 3 rings (SSSR count). The molecule has 1 aliphatic heterocycles. The van der Waals surface area contributed by atoms with E-state index in [1.54, 1.807) is 24.3 Å². The lowest BCUT2D eigenvalue weighted by Crippen LogP contribution is -2.35. The lowest BCUT2D eigenvalue weighted by molar-refractivity contribution is -0.165. The molecule has 0 atom stereocenters. The summed E-state index contributed by atoms with van der Waals surface area (Å²) in [5, 5.41) is 0.281. The van der Waals surface area contributed by atoms with E-state index < -0.39 is 39.1 Å². The molecule has 1 aliphatic rings. The third-order valence-electron chi connectivity index (χ3n) is 3.38. The van der Waals surface area contributed by atoms with E-state index in [9.17, 15) is 22.8 Å². The maximum absolute atomic E-state index is 12.1. The Morgan fingerprint density at radius 2 is 1.60 bits per heavy atom. The van der Waals surface area contributed by atoms with Crippen molar-refractivity contribution in [3.8, 4) is 0 Å². The number of carbonyl (C=O) groups is 3. The van der Waals surface area contributed by atoms with Gasteiger partial charge in [0.25, 0.3) is 11.8 Å². The van der Waals surface area contributed by atoms with Crippen LogP contribution in [0.15, 0.2) is 48.7 Å². The zero-order valence-electron chi connectivity index (χ0n) is 12.8. The molecule has 0 radical (unpaired) electrons. The lowest BCUT2D eigenvalue weighted by atomic mass is 10.1. The first-order valence-corrected chi connectivity index (χ1v) is 8.98. The summed E-state index contributed by atoms with van der Waals surface area (Å²) in [4.78, 5) is 44.6. The number of fused-ring (bicyclic) bond motifs is 1.